The van der Waals surface area contributed by atoms with Crippen molar-refractivity contribution in [3.8, 4) is 22.3 Å². The lowest BCUT2D eigenvalue weighted by atomic mass is 9.98. The van der Waals surface area contributed by atoms with Crippen LogP contribution in [0.4, 0.5) is 17.2 Å². The molecule has 2 aliphatic rings. The minimum absolute atomic E-state index is 0.0545. The average molecular weight is 898 g/mol. The van der Waals surface area contributed by atoms with Crippen LogP contribution in [0.1, 0.15) is 80.0 Å². The van der Waals surface area contributed by atoms with Crippen LogP contribution in [0, 0.1) is 13.8 Å². The van der Waals surface area contributed by atoms with E-state index < -0.39 is 0 Å². The van der Waals surface area contributed by atoms with E-state index in [2.05, 4.69) is 153 Å². The number of aromatic nitrogens is 1. The summed E-state index contributed by atoms with van der Waals surface area (Å²) < 4.78 is 0. The average Bonchev–Trinajstić information content (AvgIpc) is 3.32. The zero-order valence-corrected chi connectivity index (χ0v) is 40.3. The van der Waals surface area contributed by atoms with Gasteiger partial charge in [-0.15, -0.1) is 0 Å². The number of nitrogen functional groups attached to an aromatic ring is 1. The topological polar surface area (TPSA) is 113 Å². The summed E-state index contributed by atoms with van der Waals surface area (Å²) in [6.45, 7) is 17.3. The van der Waals surface area contributed by atoms with Gasteiger partial charge < -0.3 is 36.0 Å². The van der Waals surface area contributed by atoms with E-state index in [1.54, 1.807) is 12.3 Å². The summed E-state index contributed by atoms with van der Waals surface area (Å²) in [5.41, 5.74) is 20.1. The fourth-order valence-electron chi connectivity index (χ4n) is 9.36. The van der Waals surface area contributed by atoms with Crippen LogP contribution in [0.5, 0.6) is 0 Å². The summed E-state index contributed by atoms with van der Waals surface area (Å²) in [5, 5.41) is 6.59. The molecule has 3 heterocycles. The molecular formula is C56H67N9O2. The Labute approximate surface area is 397 Å². The molecule has 5 aromatic carbocycles. The molecule has 4 N–H and O–H groups in total. The number of hydrogen-bond donors (Lipinski definition) is 3. The van der Waals surface area contributed by atoms with Crippen LogP contribution in [0.3, 0.4) is 0 Å². The molecule has 2 aliphatic heterocycles. The van der Waals surface area contributed by atoms with Crippen LogP contribution in [-0.4, -0.2) is 105 Å². The second-order valence-electron chi connectivity index (χ2n) is 18.9. The van der Waals surface area contributed by atoms with Gasteiger partial charge in [0.15, 0.2) is 0 Å². The van der Waals surface area contributed by atoms with Crippen molar-refractivity contribution in [1.29, 1.82) is 0 Å². The van der Waals surface area contributed by atoms with Gasteiger partial charge in [-0.1, -0.05) is 66.7 Å². The SMILES string of the molecule is Cc1ccc(N2CCN(C)CC2)cc1C(=O)N[C@H](C)c1cccc(-c2cccc(CN(C)Cc3cc(C)c(C(=O)N[C@H](C)c4cccc(-c5ccc(N)nc5)c4)cc3N3CCN(C)CC3)c2)c1. The quantitative estimate of drug-likeness (QED) is 0.0989. The summed E-state index contributed by atoms with van der Waals surface area (Å²) in [4.78, 5) is 44.0. The Balaban J connectivity index is 0.946. The smallest absolute Gasteiger partial charge is 0.252 e. The lowest BCUT2D eigenvalue weighted by Gasteiger charge is -2.36. The number of nitrogens with one attached hydrogen (secondary N) is 2. The van der Waals surface area contributed by atoms with Gasteiger partial charge in [0.25, 0.3) is 11.8 Å². The standard InChI is InChI=1S/C56H67N9O2/c1-38-17-19-50(64-25-21-61(5)22-26-64)33-51(38)55(66)59-40(3)43-12-9-15-46(31-43)45-14-8-11-42(30-45)36-63(7)37-49-29-39(2)52(34-53(49)65-27-23-62(6)24-28-65)56(67)60-41(4)44-13-10-16-47(32-44)48-18-20-54(57)58-35-48/h8-20,29-35,40-41H,21-28,36-37H2,1-7H3,(H2,57,58)(H,59,66)(H,60,67)/t40-,41-/m1/s1. The van der Waals surface area contributed by atoms with Crippen LogP contribution in [0.25, 0.3) is 22.3 Å². The molecule has 11 nitrogen and oxygen atoms in total. The molecule has 11 heteroatoms. The first-order valence-electron chi connectivity index (χ1n) is 23.7. The van der Waals surface area contributed by atoms with Gasteiger partial charge >= 0.3 is 0 Å². The highest BCUT2D eigenvalue weighted by Crippen LogP contribution is 2.31. The van der Waals surface area contributed by atoms with Gasteiger partial charge in [0.2, 0.25) is 0 Å². The minimum Gasteiger partial charge on any atom is -0.384 e. The maximum Gasteiger partial charge on any atom is 0.252 e. The Morgan fingerprint density at radius 1 is 0.612 bits per heavy atom. The third-order valence-corrected chi connectivity index (χ3v) is 13.6. The maximum absolute atomic E-state index is 14.1. The Bertz CT molecular complexity index is 2690. The van der Waals surface area contributed by atoms with E-state index in [4.69, 9.17) is 5.73 Å². The summed E-state index contributed by atoms with van der Waals surface area (Å²) in [7, 11) is 6.49. The summed E-state index contributed by atoms with van der Waals surface area (Å²) >= 11 is 0. The Kier molecular flexibility index (Phi) is 14.7. The third kappa shape index (κ3) is 11.5. The monoisotopic (exact) mass is 898 g/mol. The molecule has 2 saturated heterocycles. The van der Waals surface area contributed by atoms with Gasteiger partial charge in [-0.05, 0) is 147 Å². The van der Waals surface area contributed by atoms with Gasteiger partial charge in [-0.2, -0.15) is 0 Å². The molecule has 0 radical (unpaired) electrons. The first-order valence-corrected chi connectivity index (χ1v) is 23.7. The third-order valence-electron chi connectivity index (χ3n) is 13.6. The number of carbonyl (C=O) groups is 2. The summed E-state index contributed by atoms with van der Waals surface area (Å²) in [6.07, 6.45) is 1.78. The highest BCUT2D eigenvalue weighted by Gasteiger charge is 2.24. The van der Waals surface area contributed by atoms with Crippen LogP contribution < -0.4 is 26.2 Å². The van der Waals surface area contributed by atoms with Crippen molar-refractivity contribution in [1.82, 2.24) is 30.3 Å². The number of nitrogens with two attached hydrogens (primary N) is 1. The van der Waals surface area contributed by atoms with Crippen molar-refractivity contribution in [2.75, 3.05) is 89.0 Å². The van der Waals surface area contributed by atoms with E-state index in [1.807, 2.05) is 45.0 Å². The van der Waals surface area contributed by atoms with Crippen molar-refractivity contribution in [3.05, 3.63) is 166 Å². The maximum atomic E-state index is 14.1. The number of pyridine rings is 1. The zero-order chi connectivity index (χ0) is 47.2. The molecule has 0 unspecified atom stereocenters. The van der Waals surface area contributed by atoms with E-state index in [0.29, 0.717) is 11.4 Å². The Morgan fingerprint density at radius 2 is 1.16 bits per heavy atom. The van der Waals surface area contributed by atoms with Crippen molar-refractivity contribution in [2.24, 2.45) is 0 Å². The number of hydrogen-bond acceptors (Lipinski definition) is 9. The minimum atomic E-state index is -0.209. The summed E-state index contributed by atoms with van der Waals surface area (Å²) in [6, 6.07) is 39.4. The fraction of sp³-hybridized carbons (Fsp3) is 0.339. The van der Waals surface area contributed by atoms with Crippen molar-refractivity contribution in [2.45, 2.75) is 52.9 Å². The molecular weight excluding hydrogens is 831 g/mol. The first-order chi connectivity index (χ1) is 32.3. The van der Waals surface area contributed by atoms with E-state index in [0.717, 1.165) is 127 Å². The Hall–Kier alpha value is -6.53. The van der Waals surface area contributed by atoms with E-state index in [-0.39, 0.29) is 23.9 Å². The van der Waals surface area contributed by atoms with Crippen LogP contribution in [0.15, 0.2) is 121 Å². The number of benzene rings is 5. The second-order valence-corrected chi connectivity index (χ2v) is 18.9. The normalized spacial score (nSPS) is 15.6. The summed E-state index contributed by atoms with van der Waals surface area (Å²) in [5.74, 6) is 0.345. The number of likely N-dealkylation sites (N-methyl/N-ethyl adjacent to an activating group) is 2. The highest BCUT2D eigenvalue weighted by molar-refractivity contribution is 5.98. The van der Waals surface area contributed by atoms with Crippen molar-refractivity contribution < 1.29 is 9.59 Å². The van der Waals surface area contributed by atoms with E-state index >= 15 is 0 Å². The van der Waals surface area contributed by atoms with Crippen LogP contribution >= 0.6 is 0 Å². The molecule has 0 saturated carbocycles. The lowest BCUT2D eigenvalue weighted by molar-refractivity contribution is 0.0930. The Morgan fingerprint density at radius 3 is 1.76 bits per heavy atom. The molecule has 0 bridgehead atoms. The molecule has 67 heavy (non-hydrogen) atoms. The van der Waals surface area contributed by atoms with E-state index in [1.165, 1.54) is 11.1 Å². The first kappa shape index (κ1) is 47.0. The van der Waals surface area contributed by atoms with Crippen molar-refractivity contribution in [3.63, 3.8) is 0 Å². The zero-order valence-electron chi connectivity index (χ0n) is 40.3. The van der Waals surface area contributed by atoms with Crippen LogP contribution in [-0.2, 0) is 13.1 Å². The van der Waals surface area contributed by atoms with Gasteiger partial charge in [0.05, 0.1) is 12.1 Å². The molecule has 2 atom stereocenters. The number of anilines is 3. The van der Waals surface area contributed by atoms with E-state index in [9.17, 15) is 9.59 Å². The van der Waals surface area contributed by atoms with Gasteiger partial charge in [-0.3, -0.25) is 14.5 Å². The largest absolute Gasteiger partial charge is 0.384 e. The number of piperazine rings is 2. The molecule has 8 rings (SSSR count). The van der Waals surface area contributed by atoms with Crippen molar-refractivity contribution >= 4 is 29.0 Å². The molecule has 348 valence electrons. The predicted molar refractivity (Wildman–Crippen MR) is 275 cm³/mol. The number of amides is 2. The lowest BCUT2D eigenvalue weighted by Crippen LogP contribution is -2.45. The number of nitrogens with zero attached hydrogens (tertiary/aromatic N) is 6. The molecule has 0 spiro atoms. The van der Waals surface area contributed by atoms with Crippen LogP contribution in [0.2, 0.25) is 0 Å². The molecule has 2 amide bonds. The number of carbonyl (C=O) groups excluding carboxylic acids is 2. The molecule has 6 aromatic rings. The van der Waals surface area contributed by atoms with Gasteiger partial charge in [0.1, 0.15) is 5.82 Å². The fourth-order valence-corrected chi connectivity index (χ4v) is 9.36. The van der Waals surface area contributed by atoms with Gasteiger partial charge in [-0.25, -0.2) is 4.98 Å². The number of aryl methyl sites for hydroxylation is 2. The molecule has 0 aliphatic carbocycles. The predicted octanol–water partition coefficient (Wildman–Crippen LogP) is 8.73. The second kappa shape index (κ2) is 21.0. The molecule has 1 aromatic heterocycles. The van der Waals surface area contributed by atoms with Gasteiger partial charge in [0, 0.05) is 99.7 Å². The highest BCUT2D eigenvalue weighted by atomic mass is 16.2. The molecule has 2 fully saturated rings. The number of rotatable bonds is 14.